The number of thioether (sulfide) groups is 1. The molecule has 0 saturated heterocycles. The lowest BCUT2D eigenvalue weighted by molar-refractivity contribution is -0.142. The Morgan fingerprint density at radius 2 is 1.91 bits per heavy atom. The van der Waals surface area contributed by atoms with Crippen molar-refractivity contribution in [3.8, 4) is 0 Å². The van der Waals surface area contributed by atoms with E-state index in [1.54, 1.807) is 17.8 Å². The van der Waals surface area contributed by atoms with Crippen LogP contribution in [-0.2, 0) is 9.63 Å². The van der Waals surface area contributed by atoms with E-state index >= 15 is 0 Å². The SMILES string of the molecule is O=C(C/C=C/c1ccccc1)O/N=C1\CCSc2ccccc21. The maximum absolute atomic E-state index is 11.8. The number of hydrogen-bond acceptors (Lipinski definition) is 4. The molecule has 0 bridgehead atoms. The van der Waals surface area contributed by atoms with E-state index in [1.807, 2.05) is 54.6 Å². The zero-order chi connectivity index (χ0) is 15.9. The third-order valence-corrected chi connectivity index (χ3v) is 4.52. The van der Waals surface area contributed by atoms with Gasteiger partial charge in [-0.05, 0) is 11.6 Å². The van der Waals surface area contributed by atoms with Gasteiger partial charge in [-0.15, -0.1) is 11.8 Å². The number of benzene rings is 2. The van der Waals surface area contributed by atoms with Crippen LogP contribution in [0.4, 0.5) is 0 Å². The fraction of sp³-hybridized carbons (Fsp3) is 0.158. The largest absolute Gasteiger partial charge is 0.338 e. The number of rotatable bonds is 4. The molecule has 4 heteroatoms. The number of fused-ring (bicyclic) bond motifs is 1. The Balaban J connectivity index is 1.58. The molecule has 3 rings (SSSR count). The van der Waals surface area contributed by atoms with E-state index in [0.717, 1.165) is 29.0 Å². The summed E-state index contributed by atoms with van der Waals surface area (Å²) < 4.78 is 0. The van der Waals surface area contributed by atoms with Gasteiger partial charge in [0.25, 0.3) is 0 Å². The molecule has 2 aromatic carbocycles. The third-order valence-electron chi connectivity index (χ3n) is 3.45. The highest BCUT2D eigenvalue weighted by molar-refractivity contribution is 7.99. The van der Waals surface area contributed by atoms with Crippen LogP contribution in [0.5, 0.6) is 0 Å². The predicted octanol–water partition coefficient (Wildman–Crippen LogP) is 4.53. The molecule has 0 radical (unpaired) electrons. The first kappa shape index (κ1) is 15.6. The van der Waals surface area contributed by atoms with Crippen molar-refractivity contribution in [3.05, 3.63) is 71.8 Å². The van der Waals surface area contributed by atoms with Crippen LogP contribution >= 0.6 is 11.8 Å². The maximum atomic E-state index is 11.8. The summed E-state index contributed by atoms with van der Waals surface area (Å²) in [5, 5.41) is 4.07. The number of carbonyl (C=O) groups is 1. The first-order valence-corrected chi connectivity index (χ1v) is 8.52. The van der Waals surface area contributed by atoms with Crippen molar-refractivity contribution in [2.24, 2.45) is 5.16 Å². The minimum absolute atomic E-state index is 0.210. The average Bonchev–Trinajstić information content (AvgIpc) is 2.61. The zero-order valence-corrected chi connectivity index (χ0v) is 13.5. The van der Waals surface area contributed by atoms with Crippen molar-refractivity contribution in [1.29, 1.82) is 0 Å². The third kappa shape index (κ3) is 4.33. The average molecular weight is 323 g/mol. The lowest BCUT2D eigenvalue weighted by atomic mass is 10.1. The maximum Gasteiger partial charge on any atom is 0.338 e. The van der Waals surface area contributed by atoms with Gasteiger partial charge in [-0.25, -0.2) is 4.79 Å². The van der Waals surface area contributed by atoms with Gasteiger partial charge in [-0.2, -0.15) is 0 Å². The minimum Gasteiger partial charge on any atom is -0.318 e. The Labute approximate surface area is 140 Å². The zero-order valence-electron chi connectivity index (χ0n) is 12.6. The van der Waals surface area contributed by atoms with Crippen molar-refractivity contribution >= 4 is 29.5 Å². The summed E-state index contributed by atoms with van der Waals surface area (Å²) in [4.78, 5) is 18.1. The smallest absolute Gasteiger partial charge is 0.318 e. The van der Waals surface area contributed by atoms with Crippen LogP contribution in [0.2, 0.25) is 0 Å². The summed E-state index contributed by atoms with van der Waals surface area (Å²) in [7, 11) is 0. The molecule has 1 heterocycles. The van der Waals surface area contributed by atoms with Gasteiger partial charge < -0.3 is 4.84 Å². The monoisotopic (exact) mass is 323 g/mol. The van der Waals surface area contributed by atoms with Crippen LogP contribution in [0.25, 0.3) is 6.08 Å². The molecule has 3 nitrogen and oxygen atoms in total. The van der Waals surface area contributed by atoms with Gasteiger partial charge in [-0.3, -0.25) is 0 Å². The molecule has 116 valence electrons. The second-order valence-electron chi connectivity index (χ2n) is 5.11. The molecule has 0 unspecified atom stereocenters. The Bertz CT molecular complexity index is 738. The Kier molecular flexibility index (Phi) is 5.27. The summed E-state index contributed by atoms with van der Waals surface area (Å²) in [6.07, 6.45) is 4.72. The molecular weight excluding hydrogens is 306 g/mol. The molecule has 2 aromatic rings. The van der Waals surface area contributed by atoms with Gasteiger partial charge in [-0.1, -0.05) is 65.8 Å². The number of carbonyl (C=O) groups excluding carboxylic acids is 1. The fourth-order valence-electron chi connectivity index (χ4n) is 2.32. The van der Waals surface area contributed by atoms with Gasteiger partial charge in [0.2, 0.25) is 0 Å². The van der Waals surface area contributed by atoms with Crippen LogP contribution < -0.4 is 0 Å². The van der Waals surface area contributed by atoms with E-state index in [-0.39, 0.29) is 12.4 Å². The van der Waals surface area contributed by atoms with E-state index in [4.69, 9.17) is 4.84 Å². The topological polar surface area (TPSA) is 38.7 Å². The molecule has 23 heavy (non-hydrogen) atoms. The van der Waals surface area contributed by atoms with Crippen LogP contribution in [0, 0.1) is 0 Å². The second kappa shape index (κ2) is 7.79. The van der Waals surface area contributed by atoms with Crippen molar-refractivity contribution in [2.45, 2.75) is 17.7 Å². The molecule has 0 spiro atoms. The van der Waals surface area contributed by atoms with Crippen LogP contribution in [0.1, 0.15) is 24.0 Å². The van der Waals surface area contributed by atoms with Crippen molar-refractivity contribution in [3.63, 3.8) is 0 Å². The lowest BCUT2D eigenvalue weighted by Crippen LogP contribution is -2.11. The molecule has 0 aromatic heterocycles. The van der Waals surface area contributed by atoms with Crippen LogP contribution in [-0.4, -0.2) is 17.4 Å². The quantitative estimate of drug-likeness (QED) is 0.613. The Morgan fingerprint density at radius 1 is 1.13 bits per heavy atom. The molecule has 0 N–H and O–H groups in total. The molecule has 0 saturated carbocycles. The first-order chi connectivity index (χ1) is 11.3. The molecule has 0 atom stereocenters. The fourth-order valence-corrected chi connectivity index (χ4v) is 3.35. The highest BCUT2D eigenvalue weighted by Crippen LogP contribution is 2.29. The van der Waals surface area contributed by atoms with E-state index in [2.05, 4.69) is 11.2 Å². The van der Waals surface area contributed by atoms with Gasteiger partial charge in [0.05, 0.1) is 12.1 Å². The van der Waals surface area contributed by atoms with Crippen LogP contribution in [0.15, 0.2) is 70.7 Å². The summed E-state index contributed by atoms with van der Waals surface area (Å²) in [5.74, 6) is 0.613. The molecule has 1 aliphatic rings. The number of nitrogens with zero attached hydrogens (tertiary/aromatic N) is 1. The summed E-state index contributed by atoms with van der Waals surface area (Å²) in [6.45, 7) is 0. The van der Waals surface area contributed by atoms with Gasteiger partial charge >= 0.3 is 5.97 Å². The lowest BCUT2D eigenvalue weighted by Gasteiger charge is -2.15. The molecule has 1 aliphatic heterocycles. The van der Waals surface area contributed by atoms with E-state index in [1.165, 1.54) is 4.90 Å². The second-order valence-corrected chi connectivity index (χ2v) is 6.25. The van der Waals surface area contributed by atoms with Gasteiger partial charge in [0, 0.05) is 22.6 Å². The normalized spacial score (nSPS) is 15.6. The molecule has 0 aliphatic carbocycles. The van der Waals surface area contributed by atoms with E-state index < -0.39 is 0 Å². The van der Waals surface area contributed by atoms with Crippen LogP contribution in [0.3, 0.4) is 0 Å². The Hall–Kier alpha value is -2.33. The standard InChI is InChI=1S/C19H17NO2S/c21-19(12-6-9-15-7-2-1-3-8-15)22-20-17-13-14-23-18-11-5-4-10-16(17)18/h1-11H,12-14H2/b9-6+,20-17+. The molecule has 0 fully saturated rings. The first-order valence-electron chi connectivity index (χ1n) is 7.53. The van der Waals surface area contributed by atoms with E-state index in [0.29, 0.717) is 0 Å². The molecular formula is C19H17NO2S. The van der Waals surface area contributed by atoms with Gasteiger partial charge in [0.15, 0.2) is 0 Å². The Morgan fingerprint density at radius 3 is 2.78 bits per heavy atom. The minimum atomic E-state index is -0.347. The summed E-state index contributed by atoms with van der Waals surface area (Å²) >= 11 is 1.81. The van der Waals surface area contributed by atoms with Gasteiger partial charge in [0.1, 0.15) is 0 Å². The van der Waals surface area contributed by atoms with Crippen molar-refractivity contribution in [2.75, 3.05) is 5.75 Å². The van der Waals surface area contributed by atoms with Crippen molar-refractivity contribution < 1.29 is 9.63 Å². The summed E-state index contributed by atoms with van der Waals surface area (Å²) in [6, 6.07) is 17.9. The highest BCUT2D eigenvalue weighted by Gasteiger charge is 2.16. The molecule has 0 amide bonds. The van der Waals surface area contributed by atoms with Crippen molar-refractivity contribution in [1.82, 2.24) is 0 Å². The number of oxime groups is 1. The van der Waals surface area contributed by atoms with E-state index in [9.17, 15) is 4.79 Å². The predicted molar refractivity (Wildman–Crippen MR) is 94.5 cm³/mol. The summed E-state index contributed by atoms with van der Waals surface area (Å²) in [5.41, 5.74) is 2.97. The number of hydrogen-bond donors (Lipinski definition) is 0. The highest BCUT2D eigenvalue weighted by atomic mass is 32.2.